The molecule has 154 valence electrons. The van der Waals surface area contributed by atoms with E-state index in [9.17, 15) is 4.79 Å². The van der Waals surface area contributed by atoms with Gasteiger partial charge in [0.15, 0.2) is 0 Å². The summed E-state index contributed by atoms with van der Waals surface area (Å²) in [5.74, 6) is -0.0885. The minimum Gasteiger partial charge on any atom is -0.316 e. The lowest BCUT2D eigenvalue weighted by Crippen LogP contribution is -2.12. The van der Waals surface area contributed by atoms with E-state index in [1.807, 2.05) is 24.3 Å². The average molecular weight is 437 g/mol. The summed E-state index contributed by atoms with van der Waals surface area (Å²) in [6.45, 7) is 2.34. The summed E-state index contributed by atoms with van der Waals surface area (Å²) in [5, 5.41) is 4.52. The van der Waals surface area contributed by atoms with Gasteiger partial charge in [-0.1, -0.05) is 67.4 Å². The first-order valence-electron chi connectivity index (χ1n) is 10.4. The van der Waals surface area contributed by atoms with Crippen molar-refractivity contribution in [2.24, 2.45) is 4.99 Å². The van der Waals surface area contributed by atoms with E-state index in [2.05, 4.69) is 47.6 Å². The molecule has 0 atom stereocenters. The third-order valence-electron chi connectivity index (χ3n) is 5.30. The molecule has 2 heterocycles. The van der Waals surface area contributed by atoms with Crippen molar-refractivity contribution in [2.75, 3.05) is 11.9 Å². The van der Waals surface area contributed by atoms with Gasteiger partial charge in [0.05, 0.1) is 5.71 Å². The summed E-state index contributed by atoms with van der Waals surface area (Å²) in [6.07, 6.45) is 5.51. The molecule has 0 bridgehead atoms. The Hall–Kier alpha value is -2.43. The molecule has 2 aromatic carbocycles. The van der Waals surface area contributed by atoms with Crippen LogP contribution in [0.2, 0.25) is 5.02 Å². The molecule has 0 radical (unpaired) electrons. The van der Waals surface area contributed by atoms with Crippen molar-refractivity contribution in [3.05, 3.63) is 86.8 Å². The lowest BCUT2D eigenvalue weighted by atomic mass is 10.0. The zero-order chi connectivity index (χ0) is 20.9. The van der Waals surface area contributed by atoms with Gasteiger partial charge in [0.1, 0.15) is 11.5 Å². The number of carbonyl (C=O) groups is 1. The van der Waals surface area contributed by atoms with Crippen LogP contribution in [0.1, 0.15) is 46.9 Å². The molecule has 0 spiro atoms. The van der Waals surface area contributed by atoms with Gasteiger partial charge in [-0.25, -0.2) is 0 Å². The number of carbonyl (C=O) groups excluding carboxylic acids is 1. The van der Waals surface area contributed by atoms with Crippen molar-refractivity contribution in [3.63, 3.8) is 0 Å². The average Bonchev–Trinajstić information content (AvgIpc) is 3.08. The highest BCUT2D eigenvalue weighted by molar-refractivity contribution is 7.16. The first-order valence-corrected chi connectivity index (χ1v) is 11.6. The number of anilines is 1. The Morgan fingerprint density at radius 3 is 2.47 bits per heavy atom. The quantitative estimate of drug-likeness (QED) is 0.462. The maximum absolute atomic E-state index is 12.2. The van der Waals surface area contributed by atoms with Crippen LogP contribution < -0.4 is 5.32 Å². The monoisotopic (exact) mass is 436 g/mol. The van der Waals surface area contributed by atoms with Gasteiger partial charge in [0, 0.05) is 21.0 Å². The highest BCUT2D eigenvalue weighted by atomic mass is 35.5. The zero-order valence-corrected chi connectivity index (χ0v) is 18.7. The van der Waals surface area contributed by atoms with Gasteiger partial charge in [-0.2, -0.15) is 0 Å². The molecule has 1 amide bonds. The molecular weight excluding hydrogens is 412 g/mol. The van der Waals surface area contributed by atoms with Crippen molar-refractivity contribution in [1.82, 2.24) is 0 Å². The van der Waals surface area contributed by atoms with Crippen LogP contribution >= 0.6 is 22.9 Å². The lowest BCUT2D eigenvalue weighted by Gasteiger charge is -2.07. The summed E-state index contributed by atoms with van der Waals surface area (Å²) in [5.41, 5.74) is 5.36. The molecule has 1 N–H and O–H groups in total. The number of aryl methyl sites for hydroxylation is 3. The van der Waals surface area contributed by atoms with Crippen LogP contribution in [0, 0.1) is 0 Å². The Labute approximate surface area is 186 Å². The number of thiophene rings is 1. The van der Waals surface area contributed by atoms with Gasteiger partial charge in [-0.05, 0) is 48.9 Å². The third kappa shape index (κ3) is 4.82. The maximum Gasteiger partial charge on any atom is 0.246 e. The fraction of sp³-hybridized carbons (Fsp3) is 0.280. The Morgan fingerprint density at radius 2 is 1.73 bits per heavy atom. The number of unbranched alkanes of at least 4 members (excludes halogenated alkanes) is 1. The smallest absolute Gasteiger partial charge is 0.246 e. The molecule has 5 heteroatoms. The Balaban J connectivity index is 1.53. The number of fused-ring (bicyclic) bond motifs is 1. The summed E-state index contributed by atoms with van der Waals surface area (Å²) in [4.78, 5) is 18.0. The number of hydrogen-bond acceptors (Lipinski definition) is 3. The molecule has 4 rings (SSSR count). The third-order valence-corrected chi connectivity index (χ3v) is 6.74. The molecule has 3 nitrogen and oxygen atoms in total. The van der Waals surface area contributed by atoms with Crippen LogP contribution in [0.25, 0.3) is 0 Å². The van der Waals surface area contributed by atoms with Gasteiger partial charge in [-0.3, -0.25) is 9.79 Å². The van der Waals surface area contributed by atoms with E-state index in [1.54, 1.807) is 11.3 Å². The minimum atomic E-state index is -0.0885. The van der Waals surface area contributed by atoms with Gasteiger partial charge < -0.3 is 5.32 Å². The second-order valence-electron chi connectivity index (χ2n) is 7.57. The van der Waals surface area contributed by atoms with Gasteiger partial charge in [0.2, 0.25) is 5.91 Å². The predicted molar refractivity (Wildman–Crippen MR) is 127 cm³/mol. The van der Waals surface area contributed by atoms with Gasteiger partial charge in [0.25, 0.3) is 0 Å². The van der Waals surface area contributed by atoms with E-state index in [1.165, 1.54) is 28.8 Å². The summed E-state index contributed by atoms with van der Waals surface area (Å²) in [7, 11) is 0. The van der Waals surface area contributed by atoms with E-state index in [0.29, 0.717) is 5.02 Å². The van der Waals surface area contributed by atoms with Crippen LogP contribution in [-0.2, 0) is 24.1 Å². The van der Waals surface area contributed by atoms with Crippen LogP contribution in [0.3, 0.4) is 0 Å². The number of hydrogen-bond donors (Lipinski definition) is 1. The second-order valence-corrected chi connectivity index (χ2v) is 9.11. The molecule has 0 saturated carbocycles. The Kier molecular flexibility index (Phi) is 6.66. The van der Waals surface area contributed by atoms with Crippen LogP contribution in [-0.4, -0.2) is 18.2 Å². The Morgan fingerprint density at radius 1 is 1.00 bits per heavy atom. The number of rotatable bonds is 7. The summed E-state index contributed by atoms with van der Waals surface area (Å²) >= 11 is 8.06. The van der Waals surface area contributed by atoms with Crippen molar-refractivity contribution < 1.29 is 4.79 Å². The standard InChI is InChI=1S/C25H25ClN2OS/c1-2-3-6-17-9-11-18(12-10-17)13-14-19-15-21-24(20-7-4-5-8-22(20)26)27-16-23(29)28-25(21)30-19/h4-5,7-12,15H,2-3,6,13-14,16H2,1H3,(H,28,29). The zero-order valence-electron chi connectivity index (χ0n) is 17.1. The molecule has 1 aromatic heterocycles. The van der Waals surface area contributed by atoms with Crippen LogP contribution in [0.5, 0.6) is 0 Å². The summed E-state index contributed by atoms with van der Waals surface area (Å²) < 4.78 is 0. The van der Waals surface area contributed by atoms with E-state index in [4.69, 9.17) is 11.6 Å². The number of nitrogens with one attached hydrogen (secondary N) is 1. The topological polar surface area (TPSA) is 41.5 Å². The largest absolute Gasteiger partial charge is 0.316 e. The fourth-order valence-electron chi connectivity index (χ4n) is 3.64. The van der Waals surface area contributed by atoms with Crippen molar-refractivity contribution in [3.8, 4) is 0 Å². The number of nitrogens with zero attached hydrogens (tertiary/aromatic N) is 1. The molecule has 0 saturated heterocycles. The molecule has 0 aliphatic carbocycles. The SMILES string of the molecule is CCCCc1ccc(CCc2cc3c(s2)NC(=O)CN=C3c2ccccc2Cl)cc1. The number of amides is 1. The maximum atomic E-state index is 12.2. The fourth-order valence-corrected chi connectivity index (χ4v) is 4.94. The first-order chi connectivity index (χ1) is 14.6. The van der Waals surface area contributed by atoms with E-state index in [-0.39, 0.29) is 12.5 Å². The molecule has 1 aliphatic heterocycles. The van der Waals surface area contributed by atoms with E-state index < -0.39 is 0 Å². The predicted octanol–water partition coefficient (Wildman–Crippen LogP) is 6.32. The van der Waals surface area contributed by atoms with Crippen molar-refractivity contribution in [2.45, 2.75) is 39.0 Å². The molecule has 0 fully saturated rings. The molecule has 1 aliphatic rings. The highest BCUT2D eigenvalue weighted by Gasteiger charge is 2.22. The lowest BCUT2D eigenvalue weighted by molar-refractivity contribution is -0.114. The van der Waals surface area contributed by atoms with Crippen LogP contribution in [0.4, 0.5) is 5.00 Å². The van der Waals surface area contributed by atoms with Crippen molar-refractivity contribution >= 4 is 39.6 Å². The number of aliphatic imine (C=N–C) groups is 1. The summed E-state index contributed by atoms with van der Waals surface area (Å²) in [6, 6.07) is 18.8. The normalized spacial score (nSPS) is 13.4. The Bertz CT molecular complexity index is 1070. The molecule has 30 heavy (non-hydrogen) atoms. The molecule has 0 unspecified atom stereocenters. The van der Waals surface area contributed by atoms with E-state index in [0.717, 1.165) is 41.1 Å². The van der Waals surface area contributed by atoms with E-state index >= 15 is 0 Å². The van der Waals surface area contributed by atoms with Gasteiger partial charge in [-0.15, -0.1) is 11.3 Å². The molecular formula is C25H25ClN2OS. The van der Waals surface area contributed by atoms with Crippen molar-refractivity contribution in [1.29, 1.82) is 0 Å². The first kappa shape index (κ1) is 20.8. The highest BCUT2D eigenvalue weighted by Crippen LogP contribution is 2.34. The number of benzene rings is 2. The molecule has 3 aromatic rings. The van der Waals surface area contributed by atoms with Gasteiger partial charge >= 0.3 is 0 Å². The second kappa shape index (κ2) is 9.59. The number of halogens is 1. The minimum absolute atomic E-state index is 0.0885. The van der Waals surface area contributed by atoms with Crippen LogP contribution in [0.15, 0.2) is 59.6 Å².